The Kier molecular flexibility index (Phi) is 3.73. The number of hydrogen-bond donors (Lipinski definition) is 1. The second-order valence-corrected chi connectivity index (χ2v) is 6.23. The number of nitrogens with zero attached hydrogens (tertiary/aromatic N) is 2. The van der Waals surface area contributed by atoms with Crippen molar-refractivity contribution in [3.8, 4) is 0 Å². The van der Waals surface area contributed by atoms with Crippen LogP contribution in [0.25, 0.3) is 0 Å². The summed E-state index contributed by atoms with van der Waals surface area (Å²) in [6, 6.07) is 0.586. The van der Waals surface area contributed by atoms with E-state index in [-0.39, 0.29) is 5.41 Å². The lowest BCUT2D eigenvalue weighted by molar-refractivity contribution is -0.138. The second kappa shape index (κ2) is 4.94. The minimum atomic E-state index is -0.238. The van der Waals surface area contributed by atoms with Crippen LogP contribution in [0.3, 0.4) is 0 Å². The molecule has 0 aliphatic carbocycles. The molecule has 0 spiro atoms. The van der Waals surface area contributed by atoms with Crippen molar-refractivity contribution in [3.05, 3.63) is 0 Å². The molecule has 1 N–H and O–H groups in total. The highest BCUT2D eigenvalue weighted by molar-refractivity contribution is 5.81. The normalized spacial score (nSPS) is 27.5. The van der Waals surface area contributed by atoms with E-state index in [2.05, 4.69) is 10.2 Å². The first-order chi connectivity index (χ1) is 7.98. The molecule has 2 aliphatic heterocycles. The minimum Gasteiger partial charge on any atom is -0.341 e. The highest BCUT2D eigenvalue weighted by atomic mass is 16.2. The number of carbonyl (C=O) groups is 1. The van der Waals surface area contributed by atoms with Gasteiger partial charge in [-0.25, -0.2) is 0 Å². The van der Waals surface area contributed by atoms with Crippen LogP contribution in [0.15, 0.2) is 0 Å². The first-order valence-electron chi connectivity index (χ1n) is 6.72. The molecule has 4 nitrogen and oxygen atoms in total. The maximum Gasteiger partial charge on any atom is 0.228 e. The molecule has 0 aromatic carbocycles. The molecule has 2 rings (SSSR count). The zero-order valence-electron chi connectivity index (χ0n) is 11.3. The Labute approximate surface area is 104 Å². The molecule has 0 bridgehead atoms. The van der Waals surface area contributed by atoms with Crippen molar-refractivity contribution < 1.29 is 4.79 Å². The number of carbonyl (C=O) groups excluding carboxylic acids is 1. The Morgan fingerprint density at radius 2 is 1.82 bits per heavy atom. The van der Waals surface area contributed by atoms with Gasteiger partial charge in [0.2, 0.25) is 5.91 Å². The van der Waals surface area contributed by atoms with Gasteiger partial charge in [-0.05, 0) is 6.42 Å². The fourth-order valence-corrected chi connectivity index (χ4v) is 2.75. The van der Waals surface area contributed by atoms with Crippen molar-refractivity contribution in [1.29, 1.82) is 0 Å². The smallest absolute Gasteiger partial charge is 0.228 e. The third-order valence-electron chi connectivity index (χ3n) is 3.76. The molecule has 2 fully saturated rings. The molecule has 4 heteroatoms. The van der Waals surface area contributed by atoms with Crippen molar-refractivity contribution >= 4 is 5.91 Å². The summed E-state index contributed by atoms with van der Waals surface area (Å²) in [4.78, 5) is 16.8. The summed E-state index contributed by atoms with van der Waals surface area (Å²) in [6.45, 7) is 12.3. The van der Waals surface area contributed by atoms with E-state index in [4.69, 9.17) is 0 Å². The average molecular weight is 239 g/mol. The Morgan fingerprint density at radius 3 is 2.41 bits per heavy atom. The maximum absolute atomic E-state index is 12.2. The highest BCUT2D eigenvalue weighted by Gasteiger charge is 2.35. The maximum atomic E-state index is 12.2. The van der Waals surface area contributed by atoms with Crippen molar-refractivity contribution in [2.45, 2.75) is 33.2 Å². The quantitative estimate of drug-likeness (QED) is 0.725. The SMILES string of the molecule is CC(C)(C)C(=O)N1CCC(N2CCNCC2)C1. The summed E-state index contributed by atoms with van der Waals surface area (Å²) in [6.07, 6.45) is 1.14. The molecule has 17 heavy (non-hydrogen) atoms. The molecule has 2 saturated heterocycles. The highest BCUT2D eigenvalue weighted by Crippen LogP contribution is 2.23. The second-order valence-electron chi connectivity index (χ2n) is 6.23. The van der Waals surface area contributed by atoms with Gasteiger partial charge in [0.05, 0.1) is 0 Å². The van der Waals surface area contributed by atoms with Gasteiger partial charge in [0, 0.05) is 50.7 Å². The standard InChI is InChI=1S/C13H25N3O/c1-13(2,3)12(17)16-7-4-11(10-16)15-8-5-14-6-9-15/h11,14H,4-10H2,1-3H3. The molecule has 1 amide bonds. The van der Waals surface area contributed by atoms with E-state index in [1.165, 1.54) is 0 Å². The molecule has 98 valence electrons. The van der Waals surface area contributed by atoms with Crippen LogP contribution in [-0.2, 0) is 4.79 Å². The van der Waals surface area contributed by atoms with Gasteiger partial charge in [-0.3, -0.25) is 9.69 Å². The first-order valence-corrected chi connectivity index (χ1v) is 6.72. The molecule has 0 aromatic heterocycles. The number of hydrogen-bond acceptors (Lipinski definition) is 3. The van der Waals surface area contributed by atoms with Gasteiger partial charge in [-0.2, -0.15) is 0 Å². The largest absolute Gasteiger partial charge is 0.341 e. The third-order valence-corrected chi connectivity index (χ3v) is 3.76. The van der Waals surface area contributed by atoms with Crippen molar-refractivity contribution in [3.63, 3.8) is 0 Å². The number of amides is 1. The summed E-state index contributed by atoms with van der Waals surface area (Å²) in [5.41, 5.74) is -0.238. The van der Waals surface area contributed by atoms with Crippen LogP contribution in [-0.4, -0.2) is 61.0 Å². The summed E-state index contributed by atoms with van der Waals surface area (Å²) < 4.78 is 0. The van der Waals surface area contributed by atoms with E-state index in [1.807, 2.05) is 25.7 Å². The first kappa shape index (κ1) is 12.8. The summed E-state index contributed by atoms with van der Waals surface area (Å²) in [5, 5.41) is 3.37. The molecule has 2 aliphatic rings. The van der Waals surface area contributed by atoms with E-state index in [9.17, 15) is 4.79 Å². The Morgan fingerprint density at radius 1 is 1.18 bits per heavy atom. The lowest BCUT2D eigenvalue weighted by Crippen LogP contribution is -2.49. The predicted octanol–water partition coefficient (Wildman–Crippen LogP) is 0.539. The van der Waals surface area contributed by atoms with Gasteiger partial charge < -0.3 is 10.2 Å². The van der Waals surface area contributed by atoms with E-state index in [0.29, 0.717) is 11.9 Å². The van der Waals surface area contributed by atoms with Gasteiger partial charge in [0.25, 0.3) is 0 Å². The molecule has 2 heterocycles. The third kappa shape index (κ3) is 2.99. The van der Waals surface area contributed by atoms with Crippen LogP contribution in [0, 0.1) is 5.41 Å². The fraction of sp³-hybridized carbons (Fsp3) is 0.923. The van der Waals surface area contributed by atoms with Crippen LogP contribution in [0.1, 0.15) is 27.2 Å². The number of rotatable bonds is 1. The van der Waals surface area contributed by atoms with Gasteiger partial charge in [0.1, 0.15) is 0 Å². The molecule has 0 radical (unpaired) electrons. The summed E-state index contributed by atoms with van der Waals surface area (Å²) in [5.74, 6) is 0.301. The van der Waals surface area contributed by atoms with Crippen LogP contribution in [0.4, 0.5) is 0 Å². The van der Waals surface area contributed by atoms with Gasteiger partial charge in [0.15, 0.2) is 0 Å². The van der Waals surface area contributed by atoms with E-state index in [0.717, 1.165) is 45.7 Å². The average Bonchev–Trinajstić information content (AvgIpc) is 2.77. The van der Waals surface area contributed by atoms with Crippen molar-refractivity contribution in [2.24, 2.45) is 5.41 Å². The van der Waals surface area contributed by atoms with Crippen LogP contribution in [0.5, 0.6) is 0 Å². The lowest BCUT2D eigenvalue weighted by atomic mass is 9.95. The monoisotopic (exact) mass is 239 g/mol. The molecule has 0 saturated carbocycles. The van der Waals surface area contributed by atoms with E-state index in [1.54, 1.807) is 0 Å². The van der Waals surface area contributed by atoms with Crippen LogP contribution in [0.2, 0.25) is 0 Å². The van der Waals surface area contributed by atoms with Gasteiger partial charge in [-0.15, -0.1) is 0 Å². The van der Waals surface area contributed by atoms with Crippen LogP contribution < -0.4 is 5.32 Å². The van der Waals surface area contributed by atoms with Crippen LogP contribution >= 0.6 is 0 Å². The van der Waals surface area contributed by atoms with E-state index < -0.39 is 0 Å². The molecule has 1 atom stereocenters. The fourth-order valence-electron chi connectivity index (χ4n) is 2.75. The zero-order valence-corrected chi connectivity index (χ0v) is 11.3. The number of piperazine rings is 1. The zero-order chi connectivity index (χ0) is 12.5. The predicted molar refractivity (Wildman–Crippen MR) is 68.9 cm³/mol. The van der Waals surface area contributed by atoms with E-state index >= 15 is 0 Å². The molecule has 0 aromatic rings. The minimum absolute atomic E-state index is 0.238. The van der Waals surface area contributed by atoms with Gasteiger partial charge in [-0.1, -0.05) is 20.8 Å². The molecular formula is C13H25N3O. The Bertz CT molecular complexity index is 279. The Balaban J connectivity index is 1.88. The number of likely N-dealkylation sites (tertiary alicyclic amines) is 1. The van der Waals surface area contributed by atoms with Crippen molar-refractivity contribution in [2.75, 3.05) is 39.3 Å². The van der Waals surface area contributed by atoms with Gasteiger partial charge >= 0.3 is 0 Å². The lowest BCUT2D eigenvalue weighted by Gasteiger charge is -2.33. The summed E-state index contributed by atoms with van der Waals surface area (Å²) >= 11 is 0. The number of nitrogens with one attached hydrogen (secondary N) is 1. The molecular weight excluding hydrogens is 214 g/mol. The topological polar surface area (TPSA) is 35.6 Å². The Hall–Kier alpha value is -0.610. The summed E-state index contributed by atoms with van der Waals surface area (Å²) in [7, 11) is 0. The molecule has 1 unspecified atom stereocenters. The van der Waals surface area contributed by atoms with Crippen molar-refractivity contribution in [1.82, 2.24) is 15.1 Å².